The lowest BCUT2D eigenvalue weighted by molar-refractivity contribution is 0.417. The highest BCUT2D eigenvalue weighted by Gasteiger charge is 2.30. The molecule has 1 aliphatic heterocycles. The minimum atomic E-state index is -3.58. The van der Waals surface area contributed by atoms with Gasteiger partial charge in [0.1, 0.15) is 10.7 Å². The maximum absolute atomic E-state index is 13.2. The van der Waals surface area contributed by atoms with Crippen LogP contribution in [0.1, 0.15) is 17.4 Å². The van der Waals surface area contributed by atoms with Gasteiger partial charge in [0.15, 0.2) is 0 Å². The molecular weight excluding hydrogens is 356 g/mol. The molecule has 5 nitrogen and oxygen atoms in total. The Labute approximate surface area is 151 Å². The second-order valence-electron chi connectivity index (χ2n) is 5.90. The van der Waals surface area contributed by atoms with E-state index in [1.807, 2.05) is 30.3 Å². The number of para-hydroxylation sites is 1. The van der Waals surface area contributed by atoms with Gasteiger partial charge in [-0.25, -0.2) is 8.42 Å². The minimum absolute atomic E-state index is 0.195. The van der Waals surface area contributed by atoms with Gasteiger partial charge in [-0.1, -0.05) is 18.2 Å². The Balaban J connectivity index is 1.64. The number of thioether (sulfide) groups is 1. The van der Waals surface area contributed by atoms with Crippen molar-refractivity contribution in [1.82, 2.24) is 9.29 Å². The molecule has 1 aromatic carbocycles. The van der Waals surface area contributed by atoms with Crippen LogP contribution in [0, 0.1) is 0 Å². The number of sulfonamides is 1. The Hall–Kier alpha value is -1.83. The predicted octanol–water partition coefficient (Wildman–Crippen LogP) is 3.70. The van der Waals surface area contributed by atoms with E-state index in [1.54, 1.807) is 40.7 Å². The van der Waals surface area contributed by atoms with Crippen LogP contribution in [0.3, 0.4) is 0 Å². The Bertz CT molecular complexity index is 966. The predicted molar refractivity (Wildman–Crippen MR) is 99.0 cm³/mol. The summed E-state index contributed by atoms with van der Waals surface area (Å²) in [5, 5.41) is 1.03. The highest BCUT2D eigenvalue weighted by molar-refractivity contribution is 7.99. The van der Waals surface area contributed by atoms with Crippen LogP contribution in [0.15, 0.2) is 64.2 Å². The van der Waals surface area contributed by atoms with E-state index in [1.165, 1.54) is 0 Å². The molecule has 0 N–H and O–H groups in total. The van der Waals surface area contributed by atoms with Gasteiger partial charge in [-0.2, -0.15) is 4.31 Å². The number of fused-ring (bicyclic) bond motifs is 1. The number of rotatable bonds is 3. The molecule has 130 valence electrons. The van der Waals surface area contributed by atoms with E-state index in [0.29, 0.717) is 18.6 Å². The first kappa shape index (κ1) is 16.6. The molecule has 2 aromatic heterocycles. The number of nitrogens with zero attached hydrogens (tertiary/aromatic N) is 2. The number of aromatic nitrogens is 1. The summed E-state index contributed by atoms with van der Waals surface area (Å²) >= 11 is 1.74. The Morgan fingerprint density at radius 1 is 1.12 bits per heavy atom. The van der Waals surface area contributed by atoms with Crippen molar-refractivity contribution in [3.63, 3.8) is 0 Å². The van der Waals surface area contributed by atoms with Crippen LogP contribution in [0.5, 0.6) is 0 Å². The van der Waals surface area contributed by atoms with Crippen molar-refractivity contribution in [2.45, 2.75) is 16.6 Å². The van der Waals surface area contributed by atoms with Gasteiger partial charge in [0.05, 0.1) is 17.0 Å². The van der Waals surface area contributed by atoms with Crippen molar-refractivity contribution in [2.24, 2.45) is 0 Å². The molecule has 1 atom stereocenters. The van der Waals surface area contributed by atoms with E-state index in [2.05, 4.69) is 4.98 Å². The summed E-state index contributed by atoms with van der Waals surface area (Å²) in [5.74, 6) is 1.65. The average Bonchev–Trinajstić information content (AvgIpc) is 3.05. The molecule has 0 bridgehead atoms. The van der Waals surface area contributed by atoms with Crippen LogP contribution in [-0.2, 0) is 10.0 Å². The van der Waals surface area contributed by atoms with E-state index in [4.69, 9.17) is 4.42 Å². The standard InChI is InChI=1S/C18H18N2O3S2/c21-25(22,17-7-1-4-14-5-2-9-19-18(14)17)20-10-8-16(24-13-11-20)15-6-3-12-23-15/h1-7,9,12,16H,8,10-11,13H2. The van der Waals surface area contributed by atoms with Crippen molar-refractivity contribution < 1.29 is 12.8 Å². The van der Waals surface area contributed by atoms with Crippen molar-refractivity contribution in [1.29, 1.82) is 0 Å². The Kier molecular flexibility index (Phi) is 4.54. The molecule has 1 saturated heterocycles. The molecule has 0 radical (unpaired) electrons. The molecule has 1 aliphatic rings. The molecule has 4 rings (SSSR count). The number of hydrogen-bond acceptors (Lipinski definition) is 5. The fourth-order valence-electron chi connectivity index (χ4n) is 3.12. The third kappa shape index (κ3) is 3.19. The van der Waals surface area contributed by atoms with Gasteiger partial charge < -0.3 is 4.42 Å². The van der Waals surface area contributed by atoms with Gasteiger partial charge in [-0.3, -0.25) is 4.98 Å². The van der Waals surface area contributed by atoms with Crippen molar-refractivity contribution >= 4 is 32.7 Å². The number of hydrogen-bond donors (Lipinski definition) is 0. The quantitative estimate of drug-likeness (QED) is 0.699. The fourth-order valence-corrected chi connectivity index (χ4v) is 6.03. The third-order valence-electron chi connectivity index (χ3n) is 4.37. The lowest BCUT2D eigenvalue weighted by atomic mass is 10.2. The van der Waals surface area contributed by atoms with Gasteiger partial charge in [-0.05, 0) is 30.7 Å². The number of benzene rings is 1. The van der Waals surface area contributed by atoms with Crippen molar-refractivity contribution in [2.75, 3.05) is 18.8 Å². The molecule has 25 heavy (non-hydrogen) atoms. The summed E-state index contributed by atoms with van der Waals surface area (Å²) in [4.78, 5) is 4.58. The summed E-state index contributed by atoms with van der Waals surface area (Å²) in [6.45, 7) is 0.970. The fraction of sp³-hybridized carbons (Fsp3) is 0.278. The van der Waals surface area contributed by atoms with Gasteiger partial charge in [0.25, 0.3) is 0 Å². The van der Waals surface area contributed by atoms with Crippen LogP contribution in [0.25, 0.3) is 10.9 Å². The van der Waals surface area contributed by atoms with Crippen LogP contribution in [0.4, 0.5) is 0 Å². The zero-order chi connectivity index (χ0) is 17.3. The lowest BCUT2D eigenvalue weighted by Gasteiger charge is -2.20. The monoisotopic (exact) mass is 374 g/mol. The van der Waals surface area contributed by atoms with E-state index in [9.17, 15) is 8.42 Å². The number of furan rings is 1. The molecular formula is C18H18N2O3S2. The van der Waals surface area contributed by atoms with Gasteiger partial charge in [0.2, 0.25) is 10.0 Å². The van der Waals surface area contributed by atoms with Crippen molar-refractivity contribution in [3.8, 4) is 0 Å². The third-order valence-corrected chi connectivity index (χ3v) is 7.59. The van der Waals surface area contributed by atoms with E-state index < -0.39 is 10.0 Å². The average molecular weight is 374 g/mol. The van der Waals surface area contributed by atoms with Crippen LogP contribution >= 0.6 is 11.8 Å². The molecule has 0 aliphatic carbocycles. The minimum Gasteiger partial charge on any atom is -0.468 e. The normalized spacial score (nSPS) is 19.8. The van der Waals surface area contributed by atoms with Gasteiger partial charge >= 0.3 is 0 Å². The Morgan fingerprint density at radius 2 is 2.00 bits per heavy atom. The Morgan fingerprint density at radius 3 is 2.84 bits per heavy atom. The molecule has 3 heterocycles. The second-order valence-corrected chi connectivity index (χ2v) is 9.12. The summed E-state index contributed by atoms with van der Waals surface area (Å²) in [7, 11) is -3.58. The molecule has 1 unspecified atom stereocenters. The van der Waals surface area contributed by atoms with Crippen LogP contribution < -0.4 is 0 Å². The smallest absolute Gasteiger partial charge is 0.245 e. The molecule has 1 fully saturated rings. The van der Waals surface area contributed by atoms with E-state index in [-0.39, 0.29) is 10.1 Å². The molecule has 0 spiro atoms. The SMILES string of the molecule is O=S(=O)(c1cccc2cccnc12)N1CCSC(c2ccco2)CC1. The summed E-state index contributed by atoms with van der Waals surface area (Å²) in [6, 6.07) is 12.8. The topological polar surface area (TPSA) is 63.4 Å². The first-order chi connectivity index (χ1) is 12.2. The summed E-state index contributed by atoms with van der Waals surface area (Å²) < 4.78 is 33.5. The van der Waals surface area contributed by atoms with Gasteiger partial charge in [0, 0.05) is 30.4 Å². The van der Waals surface area contributed by atoms with E-state index >= 15 is 0 Å². The zero-order valence-electron chi connectivity index (χ0n) is 13.5. The largest absolute Gasteiger partial charge is 0.468 e. The number of pyridine rings is 1. The molecule has 3 aromatic rings. The maximum Gasteiger partial charge on any atom is 0.245 e. The first-order valence-electron chi connectivity index (χ1n) is 8.15. The van der Waals surface area contributed by atoms with Crippen LogP contribution in [0.2, 0.25) is 0 Å². The lowest BCUT2D eigenvalue weighted by Crippen LogP contribution is -2.33. The molecule has 0 saturated carbocycles. The molecule has 0 amide bonds. The van der Waals surface area contributed by atoms with Crippen LogP contribution in [-0.4, -0.2) is 36.5 Å². The highest BCUT2D eigenvalue weighted by Crippen LogP contribution is 2.36. The zero-order valence-corrected chi connectivity index (χ0v) is 15.2. The summed E-state index contributed by atoms with van der Waals surface area (Å²) in [6.07, 6.45) is 4.03. The van der Waals surface area contributed by atoms with E-state index in [0.717, 1.165) is 23.3 Å². The summed E-state index contributed by atoms with van der Waals surface area (Å²) in [5.41, 5.74) is 0.532. The molecule has 7 heteroatoms. The van der Waals surface area contributed by atoms with Crippen molar-refractivity contribution in [3.05, 3.63) is 60.7 Å². The second kappa shape index (κ2) is 6.82. The van der Waals surface area contributed by atoms with Gasteiger partial charge in [-0.15, -0.1) is 11.8 Å². The first-order valence-corrected chi connectivity index (χ1v) is 10.6. The maximum atomic E-state index is 13.2. The highest BCUT2D eigenvalue weighted by atomic mass is 32.2.